The molecule has 0 bridgehead atoms. The fourth-order valence-electron chi connectivity index (χ4n) is 3.28. The number of imide groups is 1. The fourth-order valence-corrected chi connectivity index (χ4v) is 4.32. The largest absolute Gasteiger partial charge is 0.493 e. The molecule has 3 amide bonds. The molecule has 10 nitrogen and oxygen atoms in total. The highest BCUT2D eigenvalue weighted by Crippen LogP contribution is 2.40. The first kappa shape index (κ1) is 26.9. The third kappa shape index (κ3) is 5.92. The van der Waals surface area contributed by atoms with Crippen LogP contribution in [0, 0.1) is 0 Å². The van der Waals surface area contributed by atoms with Gasteiger partial charge in [-0.2, -0.15) is 0 Å². The Morgan fingerprint density at radius 2 is 1.72 bits per heavy atom. The Labute approximate surface area is 216 Å². The van der Waals surface area contributed by atoms with Crippen LogP contribution < -0.4 is 19.5 Å². The molecule has 36 heavy (non-hydrogen) atoms. The topological polar surface area (TPSA) is 120 Å². The third-order valence-electron chi connectivity index (χ3n) is 4.91. The summed E-state index contributed by atoms with van der Waals surface area (Å²) in [6.07, 6.45) is 1.50. The first-order valence-electron chi connectivity index (χ1n) is 10.5. The van der Waals surface area contributed by atoms with Gasteiger partial charge in [0.2, 0.25) is 11.7 Å². The number of methoxy groups -OCH3 is 3. The molecular weight excluding hydrogens is 512 g/mol. The van der Waals surface area contributed by atoms with Gasteiger partial charge in [0.15, 0.2) is 11.5 Å². The second kappa shape index (κ2) is 11.8. The van der Waals surface area contributed by atoms with Crippen molar-refractivity contribution in [3.63, 3.8) is 0 Å². The zero-order valence-corrected chi connectivity index (χ0v) is 21.5. The summed E-state index contributed by atoms with van der Waals surface area (Å²) < 4.78 is 20.9. The Kier molecular flexibility index (Phi) is 8.83. The van der Waals surface area contributed by atoms with E-state index >= 15 is 0 Å². The van der Waals surface area contributed by atoms with E-state index in [0.29, 0.717) is 34.6 Å². The quantitative estimate of drug-likeness (QED) is 0.372. The number of nitrogens with one attached hydrogen (secondary N) is 1. The standard InChI is InChI=1S/C24H23ClN2O8S/c1-5-35-23(30)15-11-14(6-7-16(15)25)26-20(28)12-27-22(29)19(36-24(27)31)10-13-8-17(32-2)21(34-4)18(9-13)33-3/h6-11H,5,12H2,1-4H3,(H,26,28)/b19-10+. The Morgan fingerprint density at radius 1 is 1.06 bits per heavy atom. The van der Waals surface area contributed by atoms with Gasteiger partial charge in [0.25, 0.3) is 11.1 Å². The third-order valence-corrected chi connectivity index (χ3v) is 6.14. The second-order valence-corrected chi connectivity index (χ2v) is 8.59. The number of amides is 3. The second-order valence-electron chi connectivity index (χ2n) is 7.19. The van der Waals surface area contributed by atoms with Gasteiger partial charge in [0, 0.05) is 5.69 Å². The molecule has 3 rings (SSSR count). The van der Waals surface area contributed by atoms with Crippen LogP contribution in [0.15, 0.2) is 35.2 Å². The summed E-state index contributed by atoms with van der Waals surface area (Å²) in [4.78, 5) is 50.9. The molecule has 0 aliphatic carbocycles. The summed E-state index contributed by atoms with van der Waals surface area (Å²) >= 11 is 6.74. The maximum atomic E-state index is 12.9. The summed E-state index contributed by atoms with van der Waals surface area (Å²) in [6.45, 7) is 1.30. The zero-order valence-electron chi connectivity index (χ0n) is 19.9. The molecule has 1 saturated heterocycles. The summed E-state index contributed by atoms with van der Waals surface area (Å²) in [5, 5.41) is 2.12. The molecule has 0 atom stereocenters. The SMILES string of the molecule is CCOC(=O)c1cc(NC(=O)CN2C(=O)S/C(=C/c3cc(OC)c(OC)c(OC)c3)C2=O)ccc1Cl. The summed E-state index contributed by atoms with van der Waals surface area (Å²) in [5.41, 5.74) is 0.871. The molecule has 1 N–H and O–H groups in total. The Balaban J connectivity index is 1.75. The lowest BCUT2D eigenvalue weighted by Crippen LogP contribution is -2.36. The highest BCUT2D eigenvalue weighted by molar-refractivity contribution is 8.18. The van der Waals surface area contributed by atoms with Crippen molar-refractivity contribution in [1.82, 2.24) is 4.90 Å². The molecule has 2 aromatic carbocycles. The average molecular weight is 535 g/mol. The van der Waals surface area contributed by atoms with Gasteiger partial charge in [0.1, 0.15) is 6.54 Å². The minimum absolute atomic E-state index is 0.0794. The smallest absolute Gasteiger partial charge is 0.339 e. The van der Waals surface area contributed by atoms with E-state index in [1.807, 2.05) is 0 Å². The monoisotopic (exact) mass is 534 g/mol. The van der Waals surface area contributed by atoms with E-state index < -0.39 is 29.6 Å². The van der Waals surface area contributed by atoms with Gasteiger partial charge in [-0.05, 0) is 60.7 Å². The molecule has 0 spiro atoms. The van der Waals surface area contributed by atoms with Crippen molar-refractivity contribution in [3.05, 3.63) is 51.4 Å². The highest BCUT2D eigenvalue weighted by Gasteiger charge is 2.36. The van der Waals surface area contributed by atoms with Crippen molar-refractivity contribution in [1.29, 1.82) is 0 Å². The minimum Gasteiger partial charge on any atom is -0.493 e. The number of halogens is 1. The van der Waals surface area contributed by atoms with E-state index in [2.05, 4.69) is 5.32 Å². The van der Waals surface area contributed by atoms with Crippen LogP contribution >= 0.6 is 23.4 Å². The number of carbonyl (C=O) groups excluding carboxylic acids is 4. The number of esters is 1. The molecule has 2 aromatic rings. The zero-order chi connectivity index (χ0) is 26.4. The van der Waals surface area contributed by atoms with Crippen LogP contribution in [0.3, 0.4) is 0 Å². The van der Waals surface area contributed by atoms with Gasteiger partial charge in [-0.25, -0.2) is 4.79 Å². The van der Waals surface area contributed by atoms with Gasteiger partial charge < -0.3 is 24.3 Å². The van der Waals surface area contributed by atoms with Crippen molar-refractivity contribution in [2.24, 2.45) is 0 Å². The van der Waals surface area contributed by atoms with Gasteiger partial charge in [-0.15, -0.1) is 0 Å². The molecule has 1 fully saturated rings. The predicted molar refractivity (Wildman–Crippen MR) is 135 cm³/mol. The molecular formula is C24H23ClN2O8S. The maximum absolute atomic E-state index is 12.9. The Morgan fingerprint density at radius 3 is 2.31 bits per heavy atom. The lowest BCUT2D eigenvalue weighted by atomic mass is 10.1. The lowest BCUT2D eigenvalue weighted by molar-refractivity contribution is -0.127. The number of hydrogen-bond acceptors (Lipinski definition) is 9. The Bertz CT molecular complexity index is 1220. The normalized spacial score (nSPS) is 14.1. The number of hydrogen-bond donors (Lipinski definition) is 1. The van der Waals surface area contributed by atoms with Crippen LogP contribution in [-0.2, 0) is 14.3 Å². The molecule has 0 unspecified atom stereocenters. The van der Waals surface area contributed by atoms with E-state index in [4.69, 9.17) is 30.5 Å². The van der Waals surface area contributed by atoms with Gasteiger partial charge in [-0.1, -0.05) is 11.6 Å². The predicted octanol–water partition coefficient (Wildman–Crippen LogP) is 4.22. The van der Waals surface area contributed by atoms with Crippen LogP contribution in [0.25, 0.3) is 6.08 Å². The number of anilines is 1. The van der Waals surface area contributed by atoms with E-state index in [9.17, 15) is 19.2 Å². The lowest BCUT2D eigenvalue weighted by Gasteiger charge is -2.14. The van der Waals surface area contributed by atoms with E-state index in [0.717, 1.165) is 4.90 Å². The molecule has 12 heteroatoms. The summed E-state index contributed by atoms with van der Waals surface area (Å²) in [5.74, 6) is -0.754. The molecule has 0 radical (unpaired) electrons. The molecule has 0 saturated carbocycles. The first-order chi connectivity index (χ1) is 17.2. The van der Waals surface area contributed by atoms with Gasteiger partial charge in [0.05, 0.1) is 43.4 Å². The first-order valence-corrected chi connectivity index (χ1v) is 11.7. The molecule has 1 heterocycles. The molecule has 1 aliphatic rings. The van der Waals surface area contributed by atoms with Crippen molar-refractivity contribution in [3.8, 4) is 17.2 Å². The minimum atomic E-state index is -0.638. The number of nitrogens with zero attached hydrogens (tertiary/aromatic N) is 1. The van der Waals surface area contributed by atoms with E-state index in [1.54, 1.807) is 19.1 Å². The van der Waals surface area contributed by atoms with E-state index in [1.165, 1.54) is 45.6 Å². The molecule has 190 valence electrons. The summed E-state index contributed by atoms with van der Waals surface area (Å²) in [6, 6.07) is 7.54. The fraction of sp³-hybridized carbons (Fsp3) is 0.250. The van der Waals surface area contributed by atoms with Crippen LogP contribution in [0.2, 0.25) is 5.02 Å². The van der Waals surface area contributed by atoms with Gasteiger partial charge >= 0.3 is 5.97 Å². The van der Waals surface area contributed by atoms with Crippen molar-refractivity contribution >= 4 is 58.1 Å². The van der Waals surface area contributed by atoms with Crippen molar-refractivity contribution in [2.45, 2.75) is 6.92 Å². The van der Waals surface area contributed by atoms with Crippen molar-refractivity contribution in [2.75, 3.05) is 39.8 Å². The average Bonchev–Trinajstić information content (AvgIpc) is 3.11. The van der Waals surface area contributed by atoms with Crippen LogP contribution in [-0.4, -0.2) is 62.4 Å². The number of ether oxygens (including phenoxy) is 4. The van der Waals surface area contributed by atoms with Crippen LogP contribution in [0.1, 0.15) is 22.8 Å². The van der Waals surface area contributed by atoms with Crippen LogP contribution in [0.5, 0.6) is 17.2 Å². The maximum Gasteiger partial charge on any atom is 0.339 e. The Hall–Kier alpha value is -3.70. The number of rotatable bonds is 9. The highest BCUT2D eigenvalue weighted by atomic mass is 35.5. The van der Waals surface area contributed by atoms with Crippen LogP contribution in [0.4, 0.5) is 10.5 Å². The summed E-state index contributed by atoms with van der Waals surface area (Å²) in [7, 11) is 4.39. The molecule has 0 aromatic heterocycles. The van der Waals surface area contributed by atoms with Crippen molar-refractivity contribution < 1.29 is 38.1 Å². The molecule has 1 aliphatic heterocycles. The number of carbonyl (C=O) groups is 4. The number of thioether (sulfide) groups is 1. The number of benzene rings is 2. The van der Waals surface area contributed by atoms with Gasteiger partial charge in [-0.3, -0.25) is 19.3 Å². The van der Waals surface area contributed by atoms with E-state index in [-0.39, 0.29) is 27.8 Å².